The summed E-state index contributed by atoms with van der Waals surface area (Å²) in [5.41, 5.74) is 1.79. The number of fused-ring (bicyclic) bond motifs is 6. The summed E-state index contributed by atoms with van der Waals surface area (Å²) in [6, 6.07) is 0. The lowest BCUT2D eigenvalue weighted by Gasteiger charge is -2.25. The summed E-state index contributed by atoms with van der Waals surface area (Å²) in [6.45, 7) is 0. The van der Waals surface area contributed by atoms with E-state index < -0.39 is 71.3 Å². The van der Waals surface area contributed by atoms with Crippen LogP contribution in [0, 0.1) is 0 Å². The van der Waals surface area contributed by atoms with Crippen LogP contribution in [0.4, 0.5) is 0 Å². The molecule has 0 saturated heterocycles. The SMILES string of the molecule is COC(=O)[C@H]1C[C@@H](C(=O)OC)c2c1c1c(c3c2[C@@H](C(=O)OC)C[C@H]3C(=O)OC)[C@@H](C(=O)OC)C[C@H]1C(=O)OC. The van der Waals surface area contributed by atoms with E-state index in [1.807, 2.05) is 0 Å². The maximum absolute atomic E-state index is 13.1. The second-order valence-corrected chi connectivity index (χ2v) is 9.64. The van der Waals surface area contributed by atoms with E-state index in [-0.39, 0.29) is 19.3 Å². The van der Waals surface area contributed by atoms with Gasteiger partial charge >= 0.3 is 35.8 Å². The van der Waals surface area contributed by atoms with Gasteiger partial charge in [-0.25, -0.2) is 0 Å². The maximum atomic E-state index is 13.1. The first kappa shape index (κ1) is 28.1. The van der Waals surface area contributed by atoms with Crippen molar-refractivity contribution in [3.8, 4) is 0 Å². The minimum Gasteiger partial charge on any atom is -0.469 e. The van der Waals surface area contributed by atoms with Gasteiger partial charge in [-0.15, -0.1) is 0 Å². The summed E-state index contributed by atoms with van der Waals surface area (Å²) in [5.74, 6) is -10.2. The molecule has 210 valence electrons. The normalized spacial score (nSPS) is 26.0. The molecule has 0 saturated carbocycles. The Bertz CT molecular complexity index is 999. The molecule has 0 radical (unpaired) electrons. The predicted molar refractivity (Wildman–Crippen MR) is 129 cm³/mol. The molecule has 1 aromatic carbocycles. The van der Waals surface area contributed by atoms with Gasteiger partial charge < -0.3 is 28.4 Å². The number of benzene rings is 1. The quantitative estimate of drug-likeness (QED) is 0.374. The molecule has 12 nitrogen and oxygen atoms in total. The molecule has 0 N–H and O–H groups in total. The fraction of sp³-hybridized carbons (Fsp3) is 0.556. The summed E-state index contributed by atoms with van der Waals surface area (Å²) < 4.78 is 30.3. The predicted octanol–water partition coefficient (Wildman–Crippen LogP) is 1.44. The van der Waals surface area contributed by atoms with Crippen molar-refractivity contribution < 1.29 is 57.2 Å². The molecule has 0 amide bonds. The summed E-state index contributed by atoms with van der Waals surface area (Å²) in [4.78, 5) is 78.6. The van der Waals surface area contributed by atoms with E-state index in [1.54, 1.807) is 0 Å². The molecule has 3 aliphatic carbocycles. The van der Waals surface area contributed by atoms with Crippen LogP contribution in [-0.2, 0) is 57.2 Å². The number of carbonyl (C=O) groups excluding carboxylic acids is 6. The summed E-state index contributed by atoms with van der Waals surface area (Å²) in [6.07, 6.45) is -0.193. The first-order chi connectivity index (χ1) is 18.6. The van der Waals surface area contributed by atoms with E-state index in [0.29, 0.717) is 33.4 Å². The summed E-state index contributed by atoms with van der Waals surface area (Å²) in [7, 11) is 7.17. The van der Waals surface area contributed by atoms with E-state index in [0.717, 1.165) is 0 Å². The maximum Gasteiger partial charge on any atom is 0.313 e. The number of carbonyl (C=O) groups is 6. The van der Waals surface area contributed by atoms with Gasteiger partial charge in [0, 0.05) is 0 Å². The lowest BCUT2D eigenvalue weighted by atomic mass is 9.79. The van der Waals surface area contributed by atoms with E-state index in [1.165, 1.54) is 42.7 Å². The molecule has 0 aliphatic heterocycles. The van der Waals surface area contributed by atoms with Crippen LogP contribution in [0.2, 0.25) is 0 Å². The van der Waals surface area contributed by atoms with Gasteiger partial charge in [0.15, 0.2) is 0 Å². The monoisotopic (exact) mass is 546 g/mol. The number of methoxy groups -OCH3 is 6. The zero-order valence-corrected chi connectivity index (χ0v) is 22.5. The van der Waals surface area contributed by atoms with Gasteiger partial charge in [-0.2, -0.15) is 0 Å². The van der Waals surface area contributed by atoms with Crippen LogP contribution in [-0.4, -0.2) is 78.5 Å². The molecule has 0 aromatic heterocycles. The number of hydrogen-bond acceptors (Lipinski definition) is 12. The van der Waals surface area contributed by atoms with Crippen molar-refractivity contribution in [3.05, 3.63) is 33.4 Å². The standard InChI is InChI=1S/C27H30O12/c1-34-22(28)10-7-11(23(29)35-2)17-16(10)18-12(24(30)36-3)8-13(25(31)37-4)20(18)21-15(27(33)39-6)9-14(19(17)21)26(32)38-5/h10-15H,7-9H2,1-6H3/t10-,11+,12+,13-,14-,15+. The molecular formula is C27H30O12. The lowest BCUT2D eigenvalue weighted by molar-refractivity contribution is -0.146. The third kappa shape index (κ3) is 4.12. The Morgan fingerprint density at radius 3 is 0.590 bits per heavy atom. The van der Waals surface area contributed by atoms with Gasteiger partial charge in [-0.1, -0.05) is 0 Å². The van der Waals surface area contributed by atoms with Crippen molar-refractivity contribution in [3.63, 3.8) is 0 Å². The Morgan fingerprint density at radius 1 is 0.359 bits per heavy atom. The second-order valence-electron chi connectivity index (χ2n) is 9.64. The largest absolute Gasteiger partial charge is 0.469 e. The van der Waals surface area contributed by atoms with Crippen LogP contribution in [0.25, 0.3) is 0 Å². The van der Waals surface area contributed by atoms with Crippen LogP contribution >= 0.6 is 0 Å². The zero-order valence-electron chi connectivity index (χ0n) is 22.5. The van der Waals surface area contributed by atoms with Crippen molar-refractivity contribution in [1.29, 1.82) is 0 Å². The Kier molecular flexibility index (Phi) is 7.67. The third-order valence-corrected chi connectivity index (χ3v) is 8.16. The smallest absolute Gasteiger partial charge is 0.313 e. The highest BCUT2D eigenvalue weighted by atomic mass is 16.5. The summed E-state index contributed by atoms with van der Waals surface area (Å²) >= 11 is 0. The molecule has 0 spiro atoms. The first-order valence-electron chi connectivity index (χ1n) is 12.3. The fourth-order valence-corrected chi connectivity index (χ4v) is 6.68. The Balaban J connectivity index is 2.23. The van der Waals surface area contributed by atoms with Crippen molar-refractivity contribution >= 4 is 35.8 Å². The Hall–Kier alpha value is -3.96. The van der Waals surface area contributed by atoms with Gasteiger partial charge in [0.05, 0.1) is 78.2 Å². The molecule has 12 heteroatoms. The van der Waals surface area contributed by atoms with Gasteiger partial charge in [0.2, 0.25) is 0 Å². The molecule has 3 aliphatic rings. The average molecular weight is 547 g/mol. The average Bonchev–Trinajstić information content (AvgIpc) is 3.66. The Morgan fingerprint density at radius 2 is 0.487 bits per heavy atom. The minimum absolute atomic E-state index is 0.0643. The fourth-order valence-electron chi connectivity index (χ4n) is 6.68. The number of hydrogen-bond donors (Lipinski definition) is 0. The second kappa shape index (κ2) is 10.7. The molecular weight excluding hydrogens is 516 g/mol. The highest BCUT2D eigenvalue weighted by Gasteiger charge is 2.56. The summed E-state index contributed by atoms with van der Waals surface area (Å²) in [5, 5.41) is 0. The molecule has 39 heavy (non-hydrogen) atoms. The van der Waals surface area contributed by atoms with E-state index in [4.69, 9.17) is 28.4 Å². The Labute approximate surface area is 224 Å². The van der Waals surface area contributed by atoms with Crippen LogP contribution in [0.1, 0.15) is 88.2 Å². The van der Waals surface area contributed by atoms with Crippen molar-refractivity contribution in [1.82, 2.24) is 0 Å². The van der Waals surface area contributed by atoms with Crippen LogP contribution < -0.4 is 0 Å². The van der Waals surface area contributed by atoms with E-state index in [9.17, 15) is 28.8 Å². The minimum atomic E-state index is -1.02. The van der Waals surface area contributed by atoms with Crippen molar-refractivity contribution in [2.45, 2.75) is 54.8 Å². The number of rotatable bonds is 6. The molecule has 0 bridgehead atoms. The number of esters is 6. The van der Waals surface area contributed by atoms with Gasteiger partial charge in [0.25, 0.3) is 0 Å². The van der Waals surface area contributed by atoms with Crippen molar-refractivity contribution in [2.75, 3.05) is 42.7 Å². The molecule has 4 rings (SSSR count). The third-order valence-electron chi connectivity index (χ3n) is 8.16. The topological polar surface area (TPSA) is 158 Å². The molecule has 6 atom stereocenters. The van der Waals surface area contributed by atoms with Gasteiger partial charge in [0.1, 0.15) is 0 Å². The lowest BCUT2D eigenvalue weighted by Crippen LogP contribution is -2.21. The molecule has 0 unspecified atom stereocenters. The van der Waals surface area contributed by atoms with Crippen LogP contribution in [0.5, 0.6) is 0 Å². The highest BCUT2D eigenvalue weighted by molar-refractivity contribution is 5.97. The molecule has 0 heterocycles. The van der Waals surface area contributed by atoms with Crippen LogP contribution in [0.3, 0.4) is 0 Å². The van der Waals surface area contributed by atoms with E-state index >= 15 is 0 Å². The number of ether oxygens (including phenoxy) is 6. The zero-order chi connectivity index (χ0) is 28.8. The van der Waals surface area contributed by atoms with Gasteiger partial charge in [-0.05, 0) is 52.6 Å². The molecule has 1 aromatic rings. The molecule has 0 fully saturated rings. The van der Waals surface area contributed by atoms with E-state index in [2.05, 4.69) is 0 Å². The highest BCUT2D eigenvalue weighted by Crippen LogP contribution is 2.61. The first-order valence-corrected chi connectivity index (χ1v) is 12.3. The van der Waals surface area contributed by atoms with Gasteiger partial charge in [-0.3, -0.25) is 28.8 Å². The van der Waals surface area contributed by atoms with Crippen LogP contribution in [0.15, 0.2) is 0 Å². The van der Waals surface area contributed by atoms with Crippen molar-refractivity contribution in [2.24, 2.45) is 0 Å².